The van der Waals surface area contributed by atoms with E-state index in [4.69, 9.17) is 10.5 Å². The van der Waals surface area contributed by atoms with E-state index in [-0.39, 0.29) is 11.8 Å². The zero-order chi connectivity index (χ0) is 10.7. The summed E-state index contributed by atoms with van der Waals surface area (Å²) in [6.07, 6.45) is 2.87. The van der Waals surface area contributed by atoms with E-state index in [2.05, 4.69) is 9.97 Å². The summed E-state index contributed by atoms with van der Waals surface area (Å²) in [7, 11) is 0. The van der Waals surface area contributed by atoms with Crippen molar-refractivity contribution in [3.8, 4) is 11.8 Å². The molecule has 2 aromatic rings. The van der Waals surface area contributed by atoms with Crippen LogP contribution in [0.2, 0.25) is 0 Å². The van der Waals surface area contributed by atoms with Crippen LogP contribution in [-0.2, 0) is 0 Å². The lowest BCUT2D eigenvalue weighted by Crippen LogP contribution is -1.93. The van der Waals surface area contributed by atoms with Crippen LogP contribution in [0.3, 0.4) is 0 Å². The molecule has 0 amide bonds. The minimum atomic E-state index is -0.319. The van der Waals surface area contributed by atoms with Gasteiger partial charge in [0.2, 0.25) is 0 Å². The summed E-state index contributed by atoms with van der Waals surface area (Å²) < 4.78 is 17.8. The summed E-state index contributed by atoms with van der Waals surface area (Å²) in [5, 5.41) is 0. The number of nitrogens with two attached hydrogens (primary N) is 1. The minimum Gasteiger partial charge on any atom is -0.424 e. The first-order valence-electron chi connectivity index (χ1n) is 4.25. The zero-order valence-corrected chi connectivity index (χ0v) is 7.72. The average Bonchev–Trinajstić information content (AvgIpc) is 2.25. The molecule has 0 bridgehead atoms. The normalized spacial score (nSPS) is 9.93. The lowest BCUT2D eigenvalue weighted by Gasteiger charge is -2.02. The molecule has 0 radical (unpaired) electrons. The Morgan fingerprint density at radius 1 is 1.07 bits per heavy atom. The Hall–Kier alpha value is -2.17. The minimum absolute atomic E-state index is 0.177. The largest absolute Gasteiger partial charge is 0.424 e. The monoisotopic (exact) mass is 205 g/mol. The van der Waals surface area contributed by atoms with Gasteiger partial charge in [-0.2, -0.15) is 0 Å². The Labute approximate surface area is 85.5 Å². The molecule has 5 heteroatoms. The van der Waals surface area contributed by atoms with E-state index in [1.807, 2.05) is 0 Å². The van der Waals surface area contributed by atoms with Crippen molar-refractivity contribution >= 4 is 5.69 Å². The van der Waals surface area contributed by atoms with Crippen molar-refractivity contribution in [3.05, 3.63) is 42.5 Å². The van der Waals surface area contributed by atoms with Gasteiger partial charge in [0.15, 0.2) is 0 Å². The molecule has 0 unspecified atom stereocenters. The molecule has 1 aromatic heterocycles. The molecule has 2 N–H and O–H groups in total. The molecular formula is C10H8FN3O. The number of ether oxygens (including phenoxy) is 1. The molecule has 0 aliphatic rings. The first-order valence-corrected chi connectivity index (χ1v) is 4.25. The Kier molecular flexibility index (Phi) is 2.45. The molecule has 1 heterocycles. The smallest absolute Gasteiger partial charge is 0.322 e. The lowest BCUT2D eigenvalue weighted by molar-refractivity contribution is 0.440. The maximum Gasteiger partial charge on any atom is 0.322 e. The number of nitrogens with zero attached hydrogens (tertiary/aromatic N) is 2. The lowest BCUT2D eigenvalue weighted by atomic mass is 10.3. The fraction of sp³-hybridized carbons (Fsp3) is 0. The zero-order valence-electron chi connectivity index (χ0n) is 7.72. The summed E-state index contributed by atoms with van der Waals surface area (Å²) in [5.74, 6) is 0.154. The molecule has 0 aliphatic heterocycles. The van der Waals surface area contributed by atoms with Crippen LogP contribution in [0.4, 0.5) is 10.1 Å². The van der Waals surface area contributed by atoms with Crippen LogP contribution in [0, 0.1) is 5.82 Å². The molecule has 0 saturated heterocycles. The average molecular weight is 205 g/mol. The highest BCUT2D eigenvalue weighted by Crippen LogP contribution is 2.17. The highest BCUT2D eigenvalue weighted by molar-refractivity contribution is 5.32. The van der Waals surface area contributed by atoms with E-state index in [0.717, 1.165) is 0 Å². The van der Waals surface area contributed by atoms with Crippen LogP contribution in [0.25, 0.3) is 0 Å². The molecule has 76 valence electrons. The SMILES string of the molecule is Nc1cnc(Oc2ccc(F)cc2)nc1. The Morgan fingerprint density at radius 2 is 1.67 bits per heavy atom. The predicted molar refractivity (Wildman–Crippen MR) is 52.9 cm³/mol. The Morgan fingerprint density at radius 3 is 2.27 bits per heavy atom. The highest BCUT2D eigenvalue weighted by atomic mass is 19.1. The number of nitrogen functional groups attached to an aromatic ring is 1. The standard InChI is InChI=1S/C10H8FN3O/c11-7-1-3-9(4-2-7)15-10-13-5-8(12)6-14-10/h1-6H,12H2. The van der Waals surface area contributed by atoms with Crippen molar-refractivity contribution in [2.45, 2.75) is 0 Å². The van der Waals surface area contributed by atoms with Crippen molar-refractivity contribution in [1.82, 2.24) is 9.97 Å². The topological polar surface area (TPSA) is 61.0 Å². The van der Waals surface area contributed by atoms with Crippen LogP contribution in [0.1, 0.15) is 0 Å². The number of hydrogen-bond donors (Lipinski definition) is 1. The fourth-order valence-corrected chi connectivity index (χ4v) is 0.987. The number of rotatable bonds is 2. The number of benzene rings is 1. The summed E-state index contributed by atoms with van der Waals surface area (Å²) in [4.78, 5) is 7.69. The number of aromatic nitrogens is 2. The van der Waals surface area contributed by atoms with Gasteiger partial charge in [-0.3, -0.25) is 0 Å². The van der Waals surface area contributed by atoms with Gasteiger partial charge in [0.05, 0.1) is 18.1 Å². The number of anilines is 1. The first-order chi connectivity index (χ1) is 7.24. The van der Waals surface area contributed by atoms with Crippen molar-refractivity contribution in [1.29, 1.82) is 0 Å². The highest BCUT2D eigenvalue weighted by Gasteiger charge is 1.99. The van der Waals surface area contributed by atoms with Crippen molar-refractivity contribution in [3.63, 3.8) is 0 Å². The maximum atomic E-state index is 12.6. The van der Waals surface area contributed by atoms with Gasteiger partial charge >= 0.3 is 6.01 Å². The van der Waals surface area contributed by atoms with Crippen LogP contribution in [0.5, 0.6) is 11.8 Å². The van der Waals surface area contributed by atoms with Gasteiger partial charge in [-0.25, -0.2) is 14.4 Å². The third-order valence-electron chi connectivity index (χ3n) is 1.67. The summed E-state index contributed by atoms with van der Waals surface area (Å²) >= 11 is 0. The van der Waals surface area contributed by atoms with E-state index >= 15 is 0 Å². The van der Waals surface area contributed by atoms with E-state index in [0.29, 0.717) is 11.4 Å². The summed E-state index contributed by atoms with van der Waals surface area (Å²) in [6.45, 7) is 0. The van der Waals surface area contributed by atoms with Crippen molar-refractivity contribution in [2.75, 3.05) is 5.73 Å². The van der Waals surface area contributed by atoms with Crippen LogP contribution in [0.15, 0.2) is 36.7 Å². The molecule has 0 atom stereocenters. The van der Waals surface area contributed by atoms with Crippen LogP contribution in [-0.4, -0.2) is 9.97 Å². The van der Waals surface area contributed by atoms with E-state index < -0.39 is 0 Å². The molecule has 0 saturated carbocycles. The predicted octanol–water partition coefficient (Wildman–Crippen LogP) is 1.99. The Bertz CT molecular complexity index is 398. The van der Waals surface area contributed by atoms with Gasteiger partial charge in [-0.1, -0.05) is 0 Å². The van der Waals surface area contributed by atoms with Crippen LogP contribution >= 0.6 is 0 Å². The molecule has 15 heavy (non-hydrogen) atoms. The number of hydrogen-bond acceptors (Lipinski definition) is 4. The second-order valence-corrected chi connectivity index (χ2v) is 2.85. The van der Waals surface area contributed by atoms with Gasteiger partial charge in [-0.15, -0.1) is 0 Å². The second kappa shape index (κ2) is 3.91. The summed E-state index contributed by atoms with van der Waals surface area (Å²) in [5.41, 5.74) is 5.87. The third-order valence-corrected chi connectivity index (χ3v) is 1.67. The van der Waals surface area contributed by atoms with Crippen molar-refractivity contribution in [2.24, 2.45) is 0 Å². The fourth-order valence-electron chi connectivity index (χ4n) is 0.987. The quantitative estimate of drug-likeness (QED) is 0.814. The molecule has 2 rings (SSSR count). The molecule has 0 spiro atoms. The molecule has 0 aliphatic carbocycles. The summed E-state index contributed by atoms with van der Waals surface area (Å²) in [6, 6.07) is 5.76. The molecule has 0 fully saturated rings. The van der Waals surface area contributed by atoms with E-state index in [9.17, 15) is 4.39 Å². The van der Waals surface area contributed by atoms with Crippen molar-refractivity contribution < 1.29 is 9.13 Å². The van der Waals surface area contributed by atoms with Gasteiger partial charge < -0.3 is 10.5 Å². The van der Waals surface area contributed by atoms with Crippen LogP contribution < -0.4 is 10.5 Å². The molecule has 4 nitrogen and oxygen atoms in total. The van der Waals surface area contributed by atoms with Gasteiger partial charge in [0, 0.05) is 0 Å². The second-order valence-electron chi connectivity index (χ2n) is 2.85. The Balaban J connectivity index is 2.15. The molecule has 1 aromatic carbocycles. The van der Waals surface area contributed by atoms with Gasteiger partial charge in [0.25, 0.3) is 0 Å². The number of halogens is 1. The maximum absolute atomic E-state index is 12.6. The van der Waals surface area contributed by atoms with Gasteiger partial charge in [-0.05, 0) is 24.3 Å². The van der Waals surface area contributed by atoms with E-state index in [1.54, 1.807) is 0 Å². The van der Waals surface area contributed by atoms with E-state index in [1.165, 1.54) is 36.7 Å². The first kappa shape index (κ1) is 9.39. The van der Waals surface area contributed by atoms with Gasteiger partial charge in [0.1, 0.15) is 11.6 Å². The third kappa shape index (κ3) is 2.40. The molecular weight excluding hydrogens is 197 g/mol.